The Kier molecular flexibility index (Phi) is 5.61. The van der Waals surface area contributed by atoms with Gasteiger partial charge in [-0.2, -0.15) is 5.10 Å². The summed E-state index contributed by atoms with van der Waals surface area (Å²) in [5, 5.41) is 19.9. The third-order valence-corrected chi connectivity index (χ3v) is 7.00. The SMILES string of the molecule is CCn1cc(NC(=O)[C@@H]2[C@@H]3CC[C@@H](C3)[C@@H]2C(=O)O)c(C(=O)NC2CCCCC2)n1. The molecule has 8 nitrogen and oxygen atoms in total. The van der Waals surface area contributed by atoms with E-state index in [4.69, 9.17) is 0 Å². The van der Waals surface area contributed by atoms with E-state index in [1.54, 1.807) is 10.9 Å². The lowest BCUT2D eigenvalue weighted by Gasteiger charge is -2.27. The van der Waals surface area contributed by atoms with Crippen LogP contribution >= 0.6 is 0 Å². The predicted octanol–water partition coefficient (Wildman–Crippen LogP) is 2.65. The van der Waals surface area contributed by atoms with Crippen LogP contribution in [0.5, 0.6) is 0 Å². The molecular weight excluding hydrogens is 372 g/mol. The molecule has 0 saturated heterocycles. The molecule has 3 aliphatic rings. The number of nitrogens with zero attached hydrogens (tertiary/aromatic N) is 2. The number of nitrogens with one attached hydrogen (secondary N) is 2. The molecule has 3 N–H and O–H groups in total. The molecule has 3 saturated carbocycles. The summed E-state index contributed by atoms with van der Waals surface area (Å²) in [6, 6.07) is 0.147. The van der Waals surface area contributed by atoms with Crippen molar-refractivity contribution in [2.45, 2.75) is 70.9 Å². The molecule has 158 valence electrons. The molecule has 2 bridgehead atoms. The lowest BCUT2D eigenvalue weighted by molar-refractivity contribution is -0.148. The second-order valence-electron chi connectivity index (χ2n) is 8.77. The molecule has 0 spiro atoms. The van der Waals surface area contributed by atoms with E-state index in [1.807, 2.05) is 6.92 Å². The summed E-state index contributed by atoms with van der Waals surface area (Å²) in [7, 11) is 0. The summed E-state index contributed by atoms with van der Waals surface area (Å²) < 4.78 is 1.63. The van der Waals surface area contributed by atoms with Crippen molar-refractivity contribution in [2.24, 2.45) is 23.7 Å². The number of hydrogen-bond acceptors (Lipinski definition) is 4. The first kappa shape index (κ1) is 19.9. The van der Waals surface area contributed by atoms with Crippen LogP contribution in [0.15, 0.2) is 6.20 Å². The number of carboxylic acid groups (broad SMARTS) is 1. The van der Waals surface area contributed by atoms with Gasteiger partial charge in [-0.1, -0.05) is 19.3 Å². The Bertz CT molecular complexity index is 799. The second-order valence-corrected chi connectivity index (χ2v) is 8.77. The van der Waals surface area contributed by atoms with Crippen LogP contribution in [0.4, 0.5) is 5.69 Å². The van der Waals surface area contributed by atoms with E-state index in [0.29, 0.717) is 12.2 Å². The number of carbonyl (C=O) groups excluding carboxylic acids is 2. The number of aryl methyl sites for hydroxylation is 1. The van der Waals surface area contributed by atoms with Crippen molar-refractivity contribution in [3.8, 4) is 0 Å². The van der Waals surface area contributed by atoms with Crippen LogP contribution in [0.25, 0.3) is 0 Å². The van der Waals surface area contributed by atoms with Crippen LogP contribution in [0, 0.1) is 23.7 Å². The normalized spacial score (nSPS) is 29.0. The molecule has 4 atom stereocenters. The van der Waals surface area contributed by atoms with E-state index < -0.39 is 17.8 Å². The highest BCUT2D eigenvalue weighted by Gasteiger charge is 2.54. The smallest absolute Gasteiger partial charge is 0.307 e. The summed E-state index contributed by atoms with van der Waals surface area (Å²) in [6.45, 7) is 2.49. The zero-order valence-corrected chi connectivity index (χ0v) is 16.9. The fourth-order valence-electron chi connectivity index (χ4n) is 5.58. The van der Waals surface area contributed by atoms with Gasteiger partial charge in [-0.05, 0) is 50.9 Å². The molecule has 2 amide bonds. The van der Waals surface area contributed by atoms with E-state index >= 15 is 0 Å². The van der Waals surface area contributed by atoms with Crippen molar-refractivity contribution in [1.29, 1.82) is 0 Å². The van der Waals surface area contributed by atoms with Crippen LogP contribution < -0.4 is 10.6 Å². The van der Waals surface area contributed by atoms with E-state index in [9.17, 15) is 19.5 Å². The number of carboxylic acids is 1. The Morgan fingerprint density at radius 2 is 1.79 bits per heavy atom. The van der Waals surface area contributed by atoms with Crippen molar-refractivity contribution in [3.63, 3.8) is 0 Å². The van der Waals surface area contributed by atoms with Crippen molar-refractivity contribution >= 4 is 23.5 Å². The average molecular weight is 402 g/mol. The maximum Gasteiger partial charge on any atom is 0.307 e. The summed E-state index contributed by atoms with van der Waals surface area (Å²) in [6.07, 6.45) is 9.60. The van der Waals surface area contributed by atoms with Gasteiger partial charge >= 0.3 is 5.97 Å². The molecular formula is C21H30N4O4. The number of carbonyl (C=O) groups is 3. The molecule has 0 aliphatic heterocycles. The number of aromatic nitrogens is 2. The van der Waals surface area contributed by atoms with Crippen molar-refractivity contribution < 1.29 is 19.5 Å². The third kappa shape index (κ3) is 3.89. The molecule has 1 aromatic heterocycles. The van der Waals surface area contributed by atoms with Gasteiger partial charge in [0.1, 0.15) is 0 Å². The Hall–Kier alpha value is -2.38. The summed E-state index contributed by atoms with van der Waals surface area (Å²) >= 11 is 0. The Labute approximate surface area is 170 Å². The lowest BCUT2D eigenvalue weighted by Crippen LogP contribution is -2.39. The zero-order chi connectivity index (χ0) is 20.5. The Morgan fingerprint density at radius 1 is 1.10 bits per heavy atom. The summed E-state index contributed by atoms with van der Waals surface area (Å²) in [4.78, 5) is 37.6. The maximum absolute atomic E-state index is 13.0. The van der Waals surface area contributed by atoms with Gasteiger partial charge < -0.3 is 15.7 Å². The number of aliphatic carboxylic acids is 1. The van der Waals surface area contributed by atoms with Crippen molar-refractivity contribution in [3.05, 3.63) is 11.9 Å². The van der Waals surface area contributed by atoms with Gasteiger partial charge in [0.2, 0.25) is 5.91 Å². The molecule has 0 radical (unpaired) electrons. The monoisotopic (exact) mass is 402 g/mol. The highest BCUT2D eigenvalue weighted by molar-refractivity contribution is 6.03. The van der Waals surface area contributed by atoms with Crippen molar-refractivity contribution in [2.75, 3.05) is 5.32 Å². The minimum atomic E-state index is -0.892. The first-order chi connectivity index (χ1) is 14.0. The van der Waals surface area contributed by atoms with Crippen LogP contribution in [0.2, 0.25) is 0 Å². The molecule has 1 aromatic rings. The molecule has 8 heteroatoms. The lowest BCUT2D eigenvalue weighted by atomic mass is 9.78. The topological polar surface area (TPSA) is 113 Å². The van der Waals surface area contributed by atoms with Crippen LogP contribution in [-0.4, -0.2) is 38.7 Å². The van der Waals surface area contributed by atoms with Crippen molar-refractivity contribution in [1.82, 2.24) is 15.1 Å². The van der Waals surface area contributed by atoms with Crippen LogP contribution in [0.1, 0.15) is 68.8 Å². The van der Waals surface area contributed by atoms with Gasteiger partial charge in [0.05, 0.1) is 17.5 Å². The van der Waals surface area contributed by atoms with E-state index in [0.717, 1.165) is 44.9 Å². The quantitative estimate of drug-likeness (QED) is 0.677. The third-order valence-electron chi connectivity index (χ3n) is 7.00. The minimum absolute atomic E-state index is 0.0840. The largest absolute Gasteiger partial charge is 0.481 e. The van der Waals surface area contributed by atoms with E-state index in [1.165, 1.54) is 6.42 Å². The van der Waals surface area contributed by atoms with E-state index in [-0.39, 0.29) is 35.4 Å². The number of fused-ring (bicyclic) bond motifs is 2. The van der Waals surface area contributed by atoms with Crippen LogP contribution in [-0.2, 0) is 16.1 Å². The molecule has 3 aliphatic carbocycles. The summed E-state index contributed by atoms with van der Waals surface area (Å²) in [5.41, 5.74) is 0.581. The Morgan fingerprint density at radius 3 is 2.45 bits per heavy atom. The van der Waals surface area contributed by atoms with Gasteiger partial charge in [-0.3, -0.25) is 19.1 Å². The number of rotatable bonds is 6. The number of anilines is 1. The molecule has 4 rings (SSSR count). The molecule has 29 heavy (non-hydrogen) atoms. The average Bonchev–Trinajstić information content (AvgIpc) is 3.42. The predicted molar refractivity (Wildman–Crippen MR) is 106 cm³/mol. The first-order valence-corrected chi connectivity index (χ1v) is 10.9. The van der Waals surface area contributed by atoms with Crippen LogP contribution in [0.3, 0.4) is 0 Å². The molecule has 1 heterocycles. The summed E-state index contributed by atoms with van der Waals surface area (Å²) in [5.74, 6) is -2.44. The zero-order valence-electron chi connectivity index (χ0n) is 16.9. The second kappa shape index (κ2) is 8.16. The number of hydrogen-bond donors (Lipinski definition) is 3. The molecule has 0 unspecified atom stereocenters. The highest BCUT2D eigenvalue weighted by Crippen LogP contribution is 2.52. The maximum atomic E-state index is 13.0. The van der Waals surface area contributed by atoms with Gasteiger partial charge in [0, 0.05) is 18.8 Å². The van der Waals surface area contributed by atoms with Gasteiger partial charge in [0.25, 0.3) is 5.91 Å². The highest BCUT2D eigenvalue weighted by atomic mass is 16.4. The van der Waals surface area contributed by atoms with E-state index in [2.05, 4.69) is 15.7 Å². The number of amides is 2. The van der Waals surface area contributed by atoms with Gasteiger partial charge in [0.15, 0.2) is 5.69 Å². The molecule has 0 aromatic carbocycles. The Balaban J connectivity index is 1.50. The molecule has 3 fully saturated rings. The fourth-order valence-corrected chi connectivity index (χ4v) is 5.58. The minimum Gasteiger partial charge on any atom is -0.481 e. The standard InChI is InChI=1S/C21H30N4O4/c1-2-25-11-15(18(24-25)20(27)22-14-6-4-3-5-7-14)23-19(26)16-12-8-9-13(10-12)17(16)21(28)29/h11-14,16-17H,2-10H2,1H3,(H,22,27)(H,23,26)(H,28,29)/t12-,13+,16-,17+/m1/s1. The van der Waals surface area contributed by atoms with Gasteiger partial charge in [-0.25, -0.2) is 0 Å². The fraction of sp³-hybridized carbons (Fsp3) is 0.714. The first-order valence-electron chi connectivity index (χ1n) is 10.9. The van der Waals surface area contributed by atoms with Gasteiger partial charge in [-0.15, -0.1) is 0 Å².